The molecule has 1 fully saturated rings. The van der Waals surface area contributed by atoms with Gasteiger partial charge in [-0.05, 0) is 25.3 Å². The van der Waals surface area contributed by atoms with Gasteiger partial charge in [-0.15, -0.1) is 0 Å². The number of likely N-dealkylation sites (N-methyl/N-ethyl adjacent to an activating group) is 1. The highest BCUT2D eigenvalue weighted by molar-refractivity contribution is 4.84. The molecule has 1 rings (SSSR count). The fraction of sp³-hybridized carbons (Fsp3) is 1.00. The first-order chi connectivity index (χ1) is 6.90. The van der Waals surface area contributed by atoms with Crippen LogP contribution in [0.2, 0.25) is 0 Å². The summed E-state index contributed by atoms with van der Waals surface area (Å²) < 4.78 is 0. The van der Waals surface area contributed by atoms with E-state index in [9.17, 15) is 0 Å². The summed E-state index contributed by atoms with van der Waals surface area (Å²) in [6.07, 6.45) is 6.54. The van der Waals surface area contributed by atoms with Crippen LogP contribution < -0.4 is 5.73 Å². The molecule has 2 heteroatoms. The second-order valence-electron chi connectivity index (χ2n) is 6.34. The molecule has 2 atom stereocenters. The minimum atomic E-state index is 0.376. The first-order valence-corrected chi connectivity index (χ1v) is 6.36. The molecular formula is C13H28N2. The van der Waals surface area contributed by atoms with Crippen LogP contribution in [0.5, 0.6) is 0 Å². The molecule has 2 N–H and O–H groups in total. The van der Waals surface area contributed by atoms with Crippen molar-refractivity contribution in [1.82, 2.24) is 4.90 Å². The third-order valence-electron chi connectivity index (χ3n) is 3.32. The smallest absolute Gasteiger partial charge is 0.0244 e. The molecule has 0 aromatic carbocycles. The summed E-state index contributed by atoms with van der Waals surface area (Å²) in [6, 6.07) is 0.992. The molecular weight excluding hydrogens is 184 g/mol. The lowest BCUT2D eigenvalue weighted by atomic mass is 9.93. The van der Waals surface area contributed by atoms with Gasteiger partial charge in [0.1, 0.15) is 0 Å². The molecule has 0 aromatic heterocycles. The van der Waals surface area contributed by atoms with Crippen molar-refractivity contribution in [3.05, 3.63) is 0 Å². The molecule has 0 bridgehead atoms. The second-order valence-corrected chi connectivity index (χ2v) is 6.34. The van der Waals surface area contributed by atoms with Gasteiger partial charge in [-0.3, -0.25) is 0 Å². The highest BCUT2D eigenvalue weighted by atomic mass is 15.1. The molecule has 0 amide bonds. The van der Waals surface area contributed by atoms with Gasteiger partial charge in [0, 0.05) is 18.6 Å². The number of hydrogen-bond acceptors (Lipinski definition) is 2. The van der Waals surface area contributed by atoms with Crippen molar-refractivity contribution in [3.8, 4) is 0 Å². The van der Waals surface area contributed by atoms with E-state index in [1.165, 1.54) is 32.1 Å². The van der Waals surface area contributed by atoms with E-state index in [0.717, 1.165) is 6.54 Å². The van der Waals surface area contributed by atoms with Crippen LogP contribution >= 0.6 is 0 Å². The third-order valence-corrected chi connectivity index (χ3v) is 3.32. The van der Waals surface area contributed by atoms with Crippen LogP contribution in [0.25, 0.3) is 0 Å². The monoisotopic (exact) mass is 212 g/mol. The van der Waals surface area contributed by atoms with Gasteiger partial charge in [0.05, 0.1) is 0 Å². The maximum Gasteiger partial charge on any atom is 0.0244 e. The lowest BCUT2D eigenvalue weighted by molar-refractivity contribution is 0.146. The molecule has 15 heavy (non-hydrogen) atoms. The van der Waals surface area contributed by atoms with E-state index in [1.54, 1.807) is 0 Å². The Morgan fingerprint density at radius 2 is 1.73 bits per heavy atom. The maximum absolute atomic E-state index is 6.26. The van der Waals surface area contributed by atoms with Crippen LogP contribution in [0.15, 0.2) is 0 Å². The van der Waals surface area contributed by atoms with Crippen molar-refractivity contribution in [2.24, 2.45) is 11.1 Å². The predicted molar refractivity (Wildman–Crippen MR) is 66.9 cm³/mol. The van der Waals surface area contributed by atoms with Gasteiger partial charge in [-0.1, -0.05) is 40.0 Å². The average molecular weight is 212 g/mol. The van der Waals surface area contributed by atoms with Gasteiger partial charge in [0.25, 0.3) is 0 Å². The fourth-order valence-electron chi connectivity index (χ4n) is 2.73. The summed E-state index contributed by atoms with van der Waals surface area (Å²) in [4.78, 5) is 2.48. The van der Waals surface area contributed by atoms with Gasteiger partial charge in [0.15, 0.2) is 0 Å². The van der Waals surface area contributed by atoms with E-state index in [4.69, 9.17) is 5.73 Å². The van der Waals surface area contributed by atoms with Crippen molar-refractivity contribution in [3.63, 3.8) is 0 Å². The summed E-state index contributed by atoms with van der Waals surface area (Å²) >= 11 is 0. The van der Waals surface area contributed by atoms with Gasteiger partial charge < -0.3 is 10.6 Å². The Balaban J connectivity index is 2.51. The van der Waals surface area contributed by atoms with E-state index in [-0.39, 0.29) is 0 Å². The topological polar surface area (TPSA) is 29.3 Å². The molecule has 0 radical (unpaired) electrons. The normalized spacial score (nSPS) is 29.2. The predicted octanol–water partition coefficient (Wildman–Crippen LogP) is 2.62. The van der Waals surface area contributed by atoms with Crippen LogP contribution in [0.4, 0.5) is 0 Å². The minimum Gasteiger partial charge on any atom is -0.326 e. The molecule has 1 aliphatic carbocycles. The van der Waals surface area contributed by atoms with Crippen LogP contribution in [-0.4, -0.2) is 30.6 Å². The molecule has 0 spiro atoms. The molecule has 0 heterocycles. The van der Waals surface area contributed by atoms with Gasteiger partial charge in [0.2, 0.25) is 0 Å². The van der Waals surface area contributed by atoms with E-state index >= 15 is 0 Å². The lowest BCUT2D eigenvalue weighted by Gasteiger charge is -2.35. The van der Waals surface area contributed by atoms with E-state index in [0.29, 0.717) is 17.5 Å². The zero-order valence-corrected chi connectivity index (χ0v) is 10.9. The van der Waals surface area contributed by atoms with Gasteiger partial charge >= 0.3 is 0 Å². The number of nitrogens with two attached hydrogens (primary N) is 1. The average Bonchev–Trinajstić information content (AvgIpc) is 2.26. The van der Waals surface area contributed by atoms with E-state index in [2.05, 4.69) is 32.7 Å². The molecule has 0 aliphatic heterocycles. The minimum absolute atomic E-state index is 0.376. The Hall–Kier alpha value is -0.0800. The number of nitrogens with zero attached hydrogens (tertiary/aromatic N) is 1. The van der Waals surface area contributed by atoms with Gasteiger partial charge in [-0.25, -0.2) is 0 Å². The maximum atomic E-state index is 6.26. The molecule has 90 valence electrons. The standard InChI is InChI=1S/C13H28N2/c1-13(2,3)10-15(4)12-9-7-5-6-8-11(12)14/h11-12H,5-10,14H2,1-4H3. The first-order valence-electron chi connectivity index (χ1n) is 6.36. The highest BCUT2D eigenvalue weighted by Gasteiger charge is 2.26. The zero-order chi connectivity index (χ0) is 11.5. The zero-order valence-electron chi connectivity index (χ0n) is 10.9. The van der Waals surface area contributed by atoms with Gasteiger partial charge in [-0.2, -0.15) is 0 Å². The van der Waals surface area contributed by atoms with Crippen molar-refractivity contribution < 1.29 is 0 Å². The van der Waals surface area contributed by atoms with E-state index in [1.807, 2.05) is 0 Å². The Morgan fingerprint density at radius 3 is 2.33 bits per heavy atom. The summed E-state index contributed by atoms with van der Waals surface area (Å²) in [5, 5.41) is 0. The molecule has 1 saturated carbocycles. The number of hydrogen-bond donors (Lipinski definition) is 1. The molecule has 0 aromatic rings. The first kappa shape index (κ1) is 13.0. The molecule has 2 unspecified atom stereocenters. The third kappa shape index (κ3) is 4.52. The Kier molecular flexibility index (Phi) is 4.60. The van der Waals surface area contributed by atoms with Crippen LogP contribution in [-0.2, 0) is 0 Å². The molecule has 2 nitrogen and oxygen atoms in total. The van der Waals surface area contributed by atoms with Crippen molar-refractivity contribution in [2.45, 2.75) is 65.0 Å². The summed E-state index contributed by atoms with van der Waals surface area (Å²) in [7, 11) is 2.24. The van der Waals surface area contributed by atoms with Crippen LogP contribution in [0, 0.1) is 5.41 Å². The van der Waals surface area contributed by atoms with Crippen LogP contribution in [0.1, 0.15) is 52.9 Å². The van der Waals surface area contributed by atoms with E-state index < -0.39 is 0 Å². The SMILES string of the molecule is CN(CC(C)(C)C)C1CCCCCC1N. The second kappa shape index (κ2) is 5.31. The molecule has 0 saturated heterocycles. The van der Waals surface area contributed by atoms with Crippen molar-refractivity contribution in [2.75, 3.05) is 13.6 Å². The Morgan fingerprint density at radius 1 is 1.13 bits per heavy atom. The van der Waals surface area contributed by atoms with Crippen LogP contribution in [0.3, 0.4) is 0 Å². The van der Waals surface area contributed by atoms with Crippen molar-refractivity contribution >= 4 is 0 Å². The quantitative estimate of drug-likeness (QED) is 0.713. The molecule has 1 aliphatic rings. The summed E-state index contributed by atoms with van der Waals surface area (Å²) in [5.41, 5.74) is 6.63. The Bertz CT molecular complexity index is 183. The lowest BCUT2D eigenvalue weighted by Crippen LogP contribution is -2.47. The largest absolute Gasteiger partial charge is 0.326 e. The summed E-state index contributed by atoms with van der Waals surface area (Å²) in [6.45, 7) is 8.04. The highest BCUT2D eigenvalue weighted by Crippen LogP contribution is 2.23. The Labute approximate surface area is 95.2 Å². The van der Waals surface area contributed by atoms with Crippen molar-refractivity contribution in [1.29, 1.82) is 0 Å². The number of rotatable bonds is 2. The fourth-order valence-corrected chi connectivity index (χ4v) is 2.73. The summed E-state index contributed by atoms with van der Waals surface area (Å²) in [5.74, 6) is 0.